The van der Waals surface area contributed by atoms with E-state index in [9.17, 15) is 0 Å². The van der Waals surface area contributed by atoms with Gasteiger partial charge >= 0.3 is 0 Å². The van der Waals surface area contributed by atoms with Crippen molar-refractivity contribution in [2.75, 3.05) is 18.8 Å². The van der Waals surface area contributed by atoms with Crippen LogP contribution < -0.4 is 5.73 Å². The van der Waals surface area contributed by atoms with Crippen molar-refractivity contribution >= 4 is 29.1 Å². The molecule has 94 valence electrons. The van der Waals surface area contributed by atoms with Crippen LogP contribution in [0.3, 0.4) is 0 Å². The Morgan fingerprint density at radius 1 is 1.35 bits per heavy atom. The monoisotopic (exact) mass is 270 g/mol. The number of nitrogens with zero attached hydrogens (tertiary/aromatic N) is 1. The van der Waals surface area contributed by atoms with Crippen molar-refractivity contribution in [1.82, 2.24) is 4.90 Å². The first-order valence-electron chi connectivity index (χ1n) is 5.96. The van der Waals surface area contributed by atoms with Crippen LogP contribution in [0.15, 0.2) is 18.2 Å². The largest absolute Gasteiger partial charge is 0.398 e. The molecule has 2 rings (SSSR count). The molecular formula is C13H19ClN2S. The molecule has 1 aliphatic heterocycles. The molecule has 0 bridgehead atoms. The number of hydrogen-bond donors (Lipinski definition) is 1. The van der Waals surface area contributed by atoms with Crippen LogP contribution >= 0.6 is 23.4 Å². The maximum Gasteiger partial charge on any atom is 0.0426 e. The van der Waals surface area contributed by atoms with Gasteiger partial charge in [0, 0.05) is 40.8 Å². The molecule has 0 spiro atoms. The van der Waals surface area contributed by atoms with Gasteiger partial charge in [-0.15, -0.1) is 0 Å². The smallest absolute Gasteiger partial charge is 0.0426 e. The maximum absolute atomic E-state index is 5.99. The first-order chi connectivity index (χ1) is 8.04. The molecule has 1 aromatic rings. The molecule has 1 saturated heterocycles. The molecule has 1 heterocycles. The van der Waals surface area contributed by atoms with E-state index in [0.29, 0.717) is 15.5 Å². The number of halogens is 1. The molecule has 2 unspecified atom stereocenters. The van der Waals surface area contributed by atoms with Gasteiger partial charge in [0.1, 0.15) is 0 Å². The Kier molecular flexibility index (Phi) is 4.23. The van der Waals surface area contributed by atoms with E-state index in [1.165, 1.54) is 5.56 Å². The molecule has 0 saturated carbocycles. The predicted molar refractivity (Wildman–Crippen MR) is 77.7 cm³/mol. The second kappa shape index (κ2) is 5.51. The van der Waals surface area contributed by atoms with Crippen LogP contribution in [0.2, 0.25) is 5.02 Å². The lowest BCUT2D eigenvalue weighted by molar-refractivity contribution is 0.263. The van der Waals surface area contributed by atoms with Crippen LogP contribution in [0.5, 0.6) is 0 Å². The molecule has 1 aromatic carbocycles. The summed E-state index contributed by atoms with van der Waals surface area (Å²) in [6, 6.07) is 5.79. The van der Waals surface area contributed by atoms with Gasteiger partial charge in [-0.2, -0.15) is 11.8 Å². The summed E-state index contributed by atoms with van der Waals surface area (Å²) in [6.07, 6.45) is 0. The number of rotatable bonds is 2. The Labute approximate surface area is 113 Å². The fourth-order valence-electron chi connectivity index (χ4n) is 2.36. The number of nitrogens with two attached hydrogens (primary N) is 1. The number of nitrogen functional groups attached to an aromatic ring is 1. The van der Waals surface area contributed by atoms with E-state index in [4.69, 9.17) is 17.3 Å². The van der Waals surface area contributed by atoms with Gasteiger partial charge in [0.15, 0.2) is 0 Å². The van der Waals surface area contributed by atoms with Crippen LogP contribution in [0.4, 0.5) is 5.69 Å². The molecule has 2 atom stereocenters. The molecule has 0 aliphatic carbocycles. The maximum atomic E-state index is 5.99. The van der Waals surface area contributed by atoms with E-state index in [1.807, 2.05) is 18.2 Å². The van der Waals surface area contributed by atoms with Gasteiger partial charge in [0.05, 0.1) is 0 Å². The first kappa shape index (κ1) is 13.1. The Morgan fingerprint density at radius 3 is 2.59 bits per heavy atom. The summed E-state index contributed by atoms with van der Waals surface area (Å²) in [5.41, 5.74) is 7.97. The molecule has 4 heteroatoms. The highest BCUT2D eigenvalue weighted by molar-refractivity contribution is 8.00. The molecular weight excluding hydrogens is 252 g/mol. The fraction of sp³-hybridized carbons (Fsp3) is 0.538. The fourth-order valence-corrected chi connectivity index (χ4v) is 3.93. The number of anilines is 1. The van der Waals surface area contributed by atoms with E-state index < -0.39 is 0 Å². The average Bonchev–Trinajstić information content (AvgIpc) is 2.21. The van der Waals surface area contributed by atoms with Crippen molar-refractivity contribution in [3.05, 3.63) is 28.8 Å². The van der Waals surface area contributed by atoms with Crippen LogP contribution in [-0.2, 0) is 6.54 Å². The minimum absolute atomic E-state index is 0.701. The van der Waals surface area contributed by atoms with E-state index >= 15 is 0 Å². The third-order valence-electron chi connectivity index (χ3n) is 3.00. The van der Waals surface area contributed by atoms with Crippen LogP contribution in [-0.4, -0.2) is 28.5 Å². The Hall–Kier alpha value is -0.380. The van der Waals surface area contributed by atoms with Crippen molar-refractivity contribution in [3.8, 4) is 0 Å². The Bertz CT molecular complexity index is 387. The van der Waals surface area contributed by atoms with Crippen molar-refractivity contribution in [2.45, 2.75) is 30.9 Å². The predicted octanol–water partition coefficient (Wildman–Crippen LogP) is 3.25. The summed E-state index contributed by atoms with van der Waals surface area (Å²) >= 11 is 7.98. The summed E-state index contributed by atoms with van der Waals surface area (Å²) < 4.78 is 0. The zero-order valence-corrected chi connectivity index (χ0v) is 11.9. The molecule has 17 heavy (non-hydrogen) atoms. The zero-order chi connectivity index (χ0) is 12.4. The van der Waals surface area contributed by atoms with E-state index in [1.54, 1.807) is 0 Å². The molecule has 0 aromatic heterocycles. The quantitative estimate of drug-likeness (QED) is 0.837. The van der Waals surface area contributed by atoms with Crippen molar-refractivity contribution < 1.29 is 0 Å². The van der Waals surface area contributed by atoms with E-state index in [2.05, 4.69) is 30.5 Å². The van der Waals surface area contributed by atoms with Gasteiger partial charge in [-0.3, -0.25) is 4.90 Å². The molecule has 1 fully saturated rings. The SMILES string of the molecule is CC1CN(Cc2ccc(Cl)cc2N)CC(C)S1. The number of hydrogen-bond acceptors (Lipinski definition) is 3. The van der Waals surface area contributed by atoms with Crippen molar-refractivity contribution in [2.24, 2.45) is 0 Å². The normalized spacial score (nSPS) is 26.1. The second-order valence-electron chi connectivity index (χ2n) is 4.79. The van der Waals surface area contributed by atoms with E-state index in [-0.39, 0.29) is 0 Å². The molecule has 0 amide bonds. The number of thioether (sulfide) groups is 1. The minimum atomic E-state index is 0.701. The van der Waals surface area contributed by atoms with Gasteiger partial charge in [-0.25, -0.2) is 0 Å². The zero-order valence-electron chi connectivity index (χ0n) is 10.3. The molecule has 1 aliphatic rings. The van der Waals surface area contributed by atoms with Crippen molar-refractivity contribution in [1.29, 1.82) is 0 Å². The third-order valence-corrected chi connectivity index (χ3v) is 4.46. The highest BCUT2D eigenvalue weighted by atomic mass is 35.5. The standard InChI is InChI=1S/C13H19ClN2S/c1-9-6-16(7-10(2)17-9)8-11-3-4-12(14)5-13(11)15/h3-5,9-10H,6-8,15H2,1-2H3. The van der Waals surface area contributed by atoms with Gasteiger partial charge in [0.25, 0.3) is 0 Å². The summed E-state index contributed by atoms with van der Waals surface area (Å²) in [7, 11) is 0. The molecule has 2 N–H and O–H groups in total. The Morgan fingerprint density at radius 2 is 2.00 bits per heavy atom. The lowest BCUT2D eigenvalue weighted by Crippen LogP contribution is -2.39. The van der Waals surface area contributed by atoms with Crippen LogP contribution in [0.1, 0.15) is 19.4 Å². The Balaban J connectivity index is 2.04. The summed E-state index contributed by atoms with van der Waals surface area (Å²) in [4.78, 5) is 2.48. The second-order valence-corrected chi connectivity index (χ2v) is 7.11. The van der Waals surface area contributed by atoms with Crippen LogP contribution in [0.25, 0.3) is 0 Å². The van der Waals surface area contributed by atoms with Gasteiger partial charge in [0.2, 0.25) is 0 Å². The third kappa shape index (κ3) is 3.54. The summed E-state index contributed by atoms with van der Waals surface area (Å²) in [6.45, 7) is 7.78. The minimum Gasteiger partial charge on any atom is -0.398 e. The van der Waals surface area contributed by atoms with Crippen LogP contribution in [0, 0.1) is 0 Å². The highest BCUT2D eigenvalue weighted by Crippen LogP contribution is 2.27. The highest BCUT2D eigenvalue weighted by Gasteiger charge is 2.22. The van der Waals surface area contributed by atoms with Crippen molar-refractivity contribution in [3.63, 3.8) is 0 Å². The number of benzene rings is 1. The topological polar surface area (TPSA) is 29.3 Å². The summed E-state index contributed by atoms with van der Waals surface area (Å²) in [5.74, 6) is 0. The molecule has 0 radical (unpaired) electrons. The average molecular weight is 271 g/mol. The van der Waals surface area contributed by atoms with E-state index in [0.717, 1.165) is 25.3 Å². The lowest BCUT2D eigenvalue weighted by Gasteiger charge is -2.34. The van der Waals surface area contributed by atoms with Gasteiger partial charge < -0.3 is 5.73 Å². The lowest BCUT2D eigenvalue weighted by atomic mass is 10.1. The first-order valence-corrected chi connectivity index (χ1v) is 7.28. The molecule has 2 nitrogen and oxygen atoms in total. The van der Waals surface area contributed by atoms with Gasteiger partial charge in [-0.1, -0.05) is 31.5 Å². The van der Waals surface area contributed by atoms with Gasteiger partial charge in [-0.05, 0) is 17.7 Å². The summed E-state index contributed by atoms with van der Waals surface area (Å²) in [5, 5.41) is 2.11.